The Bertz CT molecular complexity index is 3570. The van der Waals surface area contributed by atoms with Gasteiger partial charge in [0.15, 0.2) is 0 Å². The quantitative estimate of drug-likeness (QED) is 0.137. The van der Waals surface area contributed by atoms with Crippen LogP contribution in [0.4, 0.5) is 34.1 Å². The molecule has 0 N–H and O–H groups in total. The maximum Gasteiger partial charge on any atom is 0.137 e. The first kappa shape index (κ1) is 38.8. The van der Waals surface area contributed by atoms with Crippen molar-refractivity contribution in [2.45, 2.75) is 19.6 Å². The van der Waals surface area contributed by atoms with Crippen LogP contribution in [-0.4, -0.2) is 0 Å². The number of para-hydroxylation sites is 3. The smallest absolute Gasteiger partial charge is 0.137 e. The van der Waals surface area contributed by atoms with Gasteiger partial charge in [-0.05, 0) is 127 Å². The largest absolute Gasteiger partial charge is 0.456 e. The average Bonchev–Trinajstić information content (AvgIpc) is 3.94. The average molecular weight is 871 g/mol. The van der Waals surface area contributed by atoms with Crippen molar-refractivity contribution in [1.82, 2.24) is 0 Å². The number of anilines is 6. The summed E-state index contributed by atoms with van der Waals surface area (Å²) < 4.78 is 8.99. The zero-order valence-corrected chi connectivity index (χ0v) is 37.0. The zero-order valence-electron chi connectivity index (χ0n) is 35.4. The van der Waals surface area contributed by atoms with Gasteiger partial charge >= 0.3 is 0 Å². The summed E-state index contributed by atoms with van der Waals surface area (Å²) in [6.45, 7) is 0. The van der Waals surface area contributed by atoms with Gasteiger partial charge in [0, 0.05) is 90.7 Å². The minimum absolute atomic E-state index is 0.867. The summed E-state index contributed by atoms with van der Waals surface area (Å²) in [4.78, 5) is 9.76. The maximum atomic E-state index is 6.41. The van der Waals surface area contributed by atoms with Crippen molar-refractivity contribution in [3.63, 3.8) is 0 Å². The van der Waals surface area contributed by atoms with Crippen LogP contribution in [0.1, 0.15) is 0 Å². The Morgan fingerprint density at radius 3 is 1.38 bits per heavy atom. The summed E-state index contributed by atoms with van der Waals surface area (Å²) in [6.07, 6.45) is 0. The zero-order chi connectivity index (χ0) is 43.2. The van der Waals surface area contributed by atoms with Crippen molar-refractivity contribution in [2.24, 2.45) is 0 Å². The lowest BCUT2D eigenvalue weighted by Gasteiger charge is -2.42. The van der Waals surface area contributed by atoms with Crippen LogP contribution in [0, 0.1) is 0 Å². The minimum Gasteiger partial charge on any atom is -0.456 e. The lowest BCUT2D eigenvalue weighted by atomic mass is 10.1. The number of thiophene rings is 1. The molecule has 12 rings (SSSR count). The van der Waals surface area contributed by atoms with Crippen LogP contribution in [0.5, 0.6) is 0 Å². The van der Waals surface area contributed by atoms with Crippen LogP contribution in [0.25, 0.3) is 42.1 Å². The van der Waals surface area contributed by atoms with Gasteiger partial charge in [-0.15, -0.1) is 21.4 Å². The van der Waals surface area contributed by atoms with Crippen molar-refractivity contribution in [3.05, 3.63) is 255 Å². The molecule has 0 aliphatic heterocycles. The third-order valence-electron chi connectivity index (χ3n) is 12.3. The molecule has 310 valence electrons. The third kappa shape index (κ3) is 6.76. The standard InChI is InChI=1S/C60H42N2OS2/c1-5-18-43(19-6-1)61(47-34-38-54-53-28-13-15-30-57(53)63-58(54)41-47)45-32-36-51(37-33-45)65(49-23-9-3-10-24-49,50-25-11-4-12-26-50)52-27-17-22-46(40-52)62(44-20-7-2-8-21-44)48-35-39-56-55-29-14-16-31-59(55)64-60(56)42-48/h1-42H. The highest BCUT2D eigenvalue weighted by molar-refractivity contribution is 8.34. The van der Waals surface area contributed by atoms with Gasteiger partial charge < -0.3 is 14.2 Å². The Kier molecular flexibility index (Phi) is 9.78. The Hall–Kier alpha value is -7.83. The van der Waals surface area contributed by atoms with Gasteiger partial charge in [-0.25, -0.2) is 0 Å². The van der Waals surface area contributed by atoms with E-state index in [1.807, 2.05) is 23.5 Å². The molecule has 0 spiro atoms. The fourth-order valence-electron chi connectivity index (χ4n) is 9.43. The molecule has 0 aliphatic rings. The molecule has 0 amide bonds. The van der Waals surface area contributed by atoms with Gasteiger partial charge in [0.05, 0.1) is 0 Å². The molecule has 0 saturated carbocycles. The van der Waals surface area contributed by atoms with Gasteiger partial charge in [0.1, 0.15) is 11.2 Å². The Morgan fingerprint density at radius 1 is 0.277 bits per heavy atom. The third-order valence-corrected chi connectivity index (χ3v) is 17.4. The van der Waals surface area contributed by atoms with Crippen LogP contribution >= 0.6 is 21.4 Å². The normalized spacial score (nSPS) is 11.9. The number of hydrogen-bond donors (Lipinski definition) is 0. The number of fused-ring (bicyclic) bond motifs is 6. The second kappa shape index (κ2) is 16.4. The van der Waals surface area contributed by atoms with E-state index in [1.54, 1.807) is 0 Å². The molecule has 0 bridgehead atoms. The van der Waals surface area contributed by atoms with E-state index in [1.165, 1.54) is 39.8 Å². The first-order valence-electron chi connectivity index (χ1n) is 21.9. The van der Waals surface area contributed by atoms with E-state index >= 15 is 0 Å². The van der Waals surface area contributed by atoms with Crippen molar-refractivity contribution in [2.75, 3.05) is 9.80 Å². The fourth-order valence-corrected chi connectivity index (χ4v) is 14.5. The lowest BCUT2D eigenvalue weighted by molar-refractivity contribution is 0.669. The fraction of sp³-hybridized carbons (Fsp3) is 0. The van der Waals surface area contributed by atoms with Crippen LogP contribution in [-0.2, 0) is 0 Å². The molecular weight excluding hydrogens is 829 g/mol. The Balaban J connectivity index is 1.04. The highest BCUT2D eigenvalue weighted by Gasteiger charge is 2.34. The summed E-state index contributed by atoms with van der Waals surface area (Å²) in [6, 6.07) is 92.6. The van der Waals surface area contributed by atoms with E-state index in [4.69, 9.17) is 4.42 Å². The molecule has 10 aromatic carbocycles. The van der Waals surface area contributed by atoms with Crippen molar-refractivity contribution in [3.8, 4) is 0 Å². The molecule has 65 heavy (non-hydrogen) atoms. The van der Waals surface area contributed by atoms with Gasteiger partial charge in [0.2, 0.25) is 0 Å². The summed E-state index contributed by atoms with van der Waals surface area (Å²) in [5.74, 6) is 0. The summed E-state index contributed by atoms with van der Waals surface area (Å²) in [5, 5.41) is 4.83. The predicted molar refractivity (Wildman–Crippen MR) is 276 cm³/mol. The molecule has 5 heteroatoms. The first-order chi connectivity index (χ1) is 32.2. The van der Waals surface area contributed by atoms with Crippen LogP contribution in [0.3, 0.4) is 0 Å². The molecule has 2 aromatic heterocycles. The van der Waals surface area contributed by atoms with E-state index in [0.29, 0.717) is 0 Å². The number of benzene rings is 10. The second-order valence-electron chi connectivity index (χ2n) is 16.1. The number of nitrogens with zero attached hydrogens (tertiary/aromatic N) is 2. The Labute approximate surface area is 384 Å². The molecule has 0 unspecified atom stereocenters. The van der Waals surface area contributed by atoms with Gasteiger partial charge in [-0.1, -0.05) is 121 Å². The van der Waals surface area contributed by atoms with E-state index in [0.717, 1.165) is 56.1 Å². The van der Waals surface area contributed by atoms with Crippen LogP contribution in [0.15, 0.2) is 279 Å². The molecule has 0 saturated heterocycles. The number of furan rings is 1. The molecule has 0 aliphatic carbocycles. The molecule has 0 fully saturated rings. The molecule has 0 atom stereocenters. The number of hydrogen-bond acceptors (Lipinski definition) is 4. The monoisotopic (exact) mass is 870 g/mol. The van der Waals surface area contributed by atoms with Crippen LogP contribution < -0.4 is 9.80 Å². The summed E-state index contributed by atoms with van der Waals surface area (Å²) in [7, 11) is -2.06. The first-order valence-corrected chi connectivity index (χ1v) is 24.3. The summed E-state index contributed by atoms with van der Waals surface area (Å²) >= 11 is 1.85. The lowest BCUT2D eigenvalue weighted by Crippen LogP contribution is -2.12. The van der Waals surface area contributed by atoms with Gasteiger partial charge in [0.25, 0.3) is 0 Å². The van der Waals surface area contributed by atoms with Gasteiger partial charge in [-0.3, -0.25) is 0 Å². The van der Waals surface area contributed by atoms with E-state index in [2.05, 4.69) is 252 Å². The van der Waals surface area contributed by atoms with E-state index in [9.17, 15) is 0 Å². The molecule has 3 nitrogen and oxygen atoms in total. The van der Waals surface area contributed by atoms with E-state index in [-0.39, 0.29) is 0 Å². The highest BCUT2D eigenvalue weighted by Crippen LogP contribution is 2.74. The highest BCUT2D eigenvalue weighted by atomic mass is 32.3. The SMILES string of the molecule is c1ccc(N(c2ccc(S(c3ccccc3)(c3ccccc3)c3cccc(N(c4ccccc4)c4ccc5c(c4)sc4ccccc45)c3)cc2)c2ccc3c(c2)oc2ccccc23)cc1. The van der Waals surface area contributed by atoms with Gasteiger partial charge in [-0.2, -0.15) is 0 Å². The minimum atomic E-state index is -2.06. The molecule has 2 heterocycles. The van der Waals surface area contributed by atoms with E-state index < -0.39 is 10.0 Å². The molecule has 12 aromatic rings. The second-order valence-corrected chi connectivity index (χ2v) is 20.3. The molecule has 0 radical (unpaired) electrons. The Morgan fingerprint density at radius 2 is 0.708 bits per heavy atom. The number of rotatable bonds is 10. The van der Waals surface area contributed by atoms with Crippen LogP contribution in [0.2, 0.25) is 0 Å². The molecular formula is C60H42N2OS2. The topological polar surface area (TPSA) is 19.6 Å². The van der Waals surface area contributed by atoms with Crippen molar-refractivity contribution >= 4 is 97.6 Å². The summed E-state index contributed by atoms with van der Waals surface area (Å²) in [5.41, 5.74) is 8.26. The maximum absolute atomic E-state index is 6.41. The van der Waals surface area contributed by atoms with Crippen molar-refractivity contribution in [1.29, 1.82) is 0 Å². The van der Waals surface area contributed by atoms with Crippen molar-refractivity contribution < 1.29 is 4.42 Å². The predicted octanol–water partition coefficient (Wildman–Crippen LogP) is 18.2.